The molecule has 0 atom stereocenters. The molecule has 0 aliphatic heterocycles. The van der Waals surface area contributed by atoms with Crippen molar-refractivity contribution >= 4 is 22.8 Å². The summed E-state index contributed by atoms with van der Waals surface area (Å²) in [6, 6.07) is 7.54. The van der Waals surface area contributed by atoms with Gasteiger partial charge in [0.25, 0.3) is 5.56 Å². The highest BCUT2D eigenvalue weighted by Gasteiger charge is 2.07. The largest absolute Gasteiger partial charge is 0.311 e. The Morgan fingerprint density at radius 2 is 2.22 bits per heavy atom. The van der Waals surface area contributed by atoms with Crippen molar-refractivity contribution in [3.05, 3.63) is 57.9 Å². The lowest BCUT2D eigenvalue weighted by atomic mass is 10.2. The fourth-order valence-electron chi connectivity index (χ4n) is 1.84. The second-order valence-corrected chi connectivity index (χ2v) is 4.34. The zero-order valence-electron chi connectivity index (χ0n) is 9.30. The van der Waals surface area contributed by atoms with Crippen molar-refractivity contribution in [1.29, 1.82) is 0 Å². The number of nitrogens with one attached hydrogen (secondary N) is 1. The van der Waals surface area contributed by atoms with E-state index in [1.807, 2.05) is 28.8 Å². The van der Waals surface area contributed by atoms with Crippen LogP contribution in [0.3, 0.4) is 0 Å². The average molecular weight is 261 g/mol. The molecule has 3 rings (SSSR count). The molecule has 0 radical (unpaired) electrons. The minimum atomic E-state index is -0.232. The molecule has 0 unspecified atom stereocenters. The number of rotatable bonds is 2. The molecular weight excluding hydrogens is 252 g/mol. The van der Waals surface area contributed by atoms with Gasteiger partial charge in [-0.05, 0) is 17.7 Å². The summed E-state index contributed by atoms with van der Waals surface area (Å²) in [7, 11) is 0. The molecule has 0 saturated heterocycles. The highest BCUT2D eigenvalue weighted by molar-refractivity contribution is 6.30. The molecule has 18 heavy (non-hydrogen) atoms. The van der Waals surface area contributed by atoms with E-state index < -0.39 is 0 Å². The van der Waals surface area contributed by atoms with E-state index in [2.05, 4.69) is 15.0 Å². The molecule has 0 fully saturated rings. The van der Waals surface area contributed by atoms with Crippen LogP contribution in [-0.4, -0.2) is 19.5 Å². The summed E-state index contributed by atoms with van der Waals surface area (Å²) >= 11 is 5.93. The third-order valence-corrected chi connectivity index (χ3v) is 2.88. The molecule has 6 heteroatoms. The lowest BCUT2D eigenvalue weighted by Gasteiger charge is -2.03. The van der Waals surface area contributed by atoms with Crippen LogP contribution in [0.25, 0.3) is 11.2 Å². The Morgan fingerprint density at radius 1 is 1.33 bits per heavy atom. The van der Waals surface area contributed by atoms with E-state index in [-0.39, 0.29) is 5.56 Å². The quantitative estimate of drug-likeness (QED) is 0.764. The zero-order chi connectivity index (χ0) is 12.5. The van der Waals surface area contributed by atoms with Gasteiger partial charge in [0.05, 0.1) is 19.2 Å². The van der Waals surface area contributed by atoms with E-state index in [1.165, 1.54) is 6.33 Å². The van der Waals surface area contributed by atoms with Crippen LogP contribution in [0, 0.1) is 0 Å². The summed E-state index contributed by atoms with van der Waals surface area (Å²) < 4.78 is 1.82. The fourth-order valence-corrected chi connectivity index (χ4v) is 2.05. The van der Waals surface area contributed by atoms with Crippen molar-refractivity contribution < 1.29 is 0 Å². The number of fused-ring (bicyclic) bond motifs is 1. The van der Waals surface area contributed by atoms with Crippen LogP contribution in [0.2, 0.25) is 5.02 Å². The van der Waals surface area contributed by atoms with E-state index in [0.29, 0.717) is 22.7 Å². The van der Waals surface area contributed by atoms with Crippen LogP contribution in [0.1, 0.15) is 5.56 Å². The number of H-pyrrole nitrogens is 1. The molecule has 5 nitrogen and oxygen atoms in total. The number of halogens is 1. The van der Waals surface area contributed by atoms with Gasteiger partial charge in [0, 0.05) is 5.02 Å². The lowest BCUT2D eigenvalue weighted by Crippen LogP contribution is -2.07. The third kappa shape index (κ3) is 1.89. The van der Waals surface area contributed by atoms with Gasteiger partial charge < -0.3 is 9.55 Å². The zero-order valence-corrected chi connectivity index (χ0v) is 10.1. The molecule has 90 valence electrons. The Balaban J connectivity index is 2.06. The number of nitrogens with zero attached hydrogens (tertiary/aromatic N) is 3. The second-order valence-electron chi connectivity index (χ2n) is 3.91. The fraction of sp³-hybridized carbons (Fsp3) is 0.0833. The van der Waals surface area contributed by atoms with Gasteiger partial charge in [-0.2, -0.15) is 0 Å². The third-order valence-electron chi connectivity index (χ3n) is 2.65. The van der Waals surface area contributed by atoms with Gasteiger partial charge in [-0.15, -0.1) is 0 Å². The minimum absolute atomic E-state index is 0.232. The Hall–Kier alpha value is -2.14. The van der Waals surface area contributed by atoms with Gasteiger partial charge >= 0.3 is 0 Å². The number of aromatic amines is 1. The molecular formula is C12H9ClN4O. The van der Waals surface area contributed by atoms with Gasteiger partial charge in [0.15, 0.2) is 11.2 Å². The van der Waals surface area contributed by atoms with Gasteiger partial charge in [0.2, 0.25) is 0 Å². The first kappa shape index (κ1) is 11.0. The Labute approximate surface area is 107 Å². The maximum Gasteiger partial charge on any atom is 0.278 e. The normalized spacial score (nSPS) is 10.9. The summed E-state index contributed by atoms with van der Waals surface area (Å²) in [5.74, 6) is 0. The van der Waals surface area contributed by atoms with Crippen LogP contribution in [0.4, 0.5) is 0 Å². The predicted octanol–water partition coefficient (Wildman–Crippen LogP) is 1.82. The van der Waals surface area contributed by atoms with Crippen molar-refractivity contribution in [2.45, 2.75) is 6.54 Å². The maximum atomic E-state index is 11.5. The molecule has 1 N–H and O–H groups in total. The van der Waals surface area contributed by atoms with E-state index in [9.17, 15) is 4.79 Å². The van der Waals surface area contributed by atoms with Crippen molar-refractivity contribution in [1.82, 2.24) is 19.5 Å². The number of hydrogen-bond acceptors (Lipinski definition) is 3. The molecule has 0 aliphatic rings. The molecule has 0 bridgehead atoms. The smallest absolute Gasteiger partial charge is 0.278 e. The predicted molar refractivity (Wildman–Crippen MR) is 68.7 cm³/mol. The van der Waals surface area contributed by atoms with Crippen LogP contribution < -0.4 is 5.56 Å². The molecule has 0 spiro atoms. The van der Waals surface area contributed by atoms with Gasteiger partial charge in [-0.25, -0.2) is 9.97 Å². The van der Waals surface area contributed by atoms with Gasteiger partial charge in [0.1, 0.15) is 0 Å². The number of hydrogen-bond donors (Lipinski definition) is 1. The van der Waals surface area contributed by atoms with Crippen molar-refractivity contribution in [2.75, 3.05) is 0 Å². The van der Waals surface area contributed by atoms with Crippen LogP contribution in [-0.2, 0) is 6.54 Å². The summed E-state index contributed by atoms with van der Waals surface area (Å²) in [6.07, 6.45) is 2.98. The van der Waals surface area contributed by atoms with E-state index in [0.717, 1.165) is 5.56 Å². The molecule has 3 aromatic rings. The number of benzene rings is 1. The molecule has 2 aromatic heterocycles. The van der Waals surface area contributed by atoms with Crippen LogP contribution >= 0.6 is 11.6 Å². The molecule has 2 heterocycles. The lowest BCUT2D eigenvalue weighted by molar-refractivity contribution is 0.813. The molecule has 0 amide bonds. The van der Waals surface area contributed by atoms with Crippen LogP contribution in [0.15, 0.2) is 41.7 Å². The average Bonchev–Trinajstić information content (AvgIpc) is 2.74. The summed E-state index contributed by atoms with van der Waals surface area (Å²) in [5, 5.41) is 0.683. The molecule has 0 aliphatic carbocycles. The van der Waals surface area contributed by atoms with Crippen molar-refractivity contribution in [3.8, 4) is 0 Å². The monoisotopic (exact) mass is 260 g/mol. The number of imidazole rings is 1. The standard InChI is InChI=1S/C12H9ClN4O/c13-9-3-1-2-8(4-9)5-17-7-16-10-11(17)14-6-15-12(10)18/h1-4,6-7H,5H2,(H,14,15,18). The molecule has 1 aromatic carbocycles. The highest BCUT2D eigenvalue weighted by atomic mass is 35.5. The first-order chi connectivity index (χ1) is 8.74. The van der Waals surface area contributed by atoms with Crippen molar-refractivity contribution in [2.24, 2.45) is 0 Å². The maximum absolute atomic E-state index is 11.5. The van der Waals surface area contributed by atoms with E-state index >= 15 is 0 Å². The molecule has 0 saturated carbocycles. The summed E-state index contributed by atoms with van der Waals surface area (Å²) in [6.45, 7) is 0.577. The first-order valence-electron chi connectivity index (χ1n) is 5.37. The Kier molecular flexibility index (Phi) is 2.60. The van der Waals surface area contributed by atoms with Crippen molar-refractivity contribution in [3.63, 3.8) is 0 Å². The summed E-state index contributed by atoms with van der Waals surface area (Å²) in [4.78, 5) is 22.2. The highest BCUT2D eigenvalue weighted by Crippen LogP contribution is 2.13. The number of aromatic nitrogens is 4. The topological polar surface area (TPSA) is 63.6 Å². The van der Waals surface area contributed by atoms with E-state index in [1.54, 1.807) is 6.33 Å². The van der Waals surface area contributed by atoms with Crippen LogP contribution in [0.5, 0.6) is 0 Å². The van der Waals surface area contributed by atoms with E-state index in [4.69, 9.17) is 11.6 Å². The Bertz CT molecular complexity index is 762. The Morgan fingerprint density at radius 3 is 3.06 bits per heavy atom. The minimum Gasteiger partial charge on any atom is -0.311 e. The first-order valence-corrected chi connectivity index (χ1v) is 5.75. The SMILES string of the molecule is O=c1[nH]cnc2c1ncn2Cc1cccc(Cl)c1. The van der Waals surface area contributed by atoms with Gasteiger partial charge in [-0.3, -0.25) is 4.79 Å². The van der Waals surface area contributed by atoms with Gasteiger partial charge in [-0.1, -0.05) is 23.7 Å². The second kappa shape index (κ2) is 4.27. The summed E-state index contributed by atoms with van der Waals surface area (Å²) in [5.41, 5.74) is 1.71.